The number of aromatic nitrogens is 4. The van der Waals surface area contributed by atoms with E-state index in [1.165, 1.54) is 17.8 Å². The van der Waals surface area contributed by atoms with Gasteiger partial charge in [-0.1, -0.05) is 20.8 Å². The largest absolute Gasteiger partial charge is 0.356 e. The summed E-state index contributed by atoms with van der Waals surface area (Å²) in [4.78, 5) is 39.1. The number of hydrogen-bond donors (Lipinski definition) is 0. The number of rotatable bonds is 3. The lowest BCUT2D eigenvalue weighted by atomic mass is 9.72. The Balaban J connectivity index is 1.34. The van der Waals surface area contributed by atoms with E-state index in [2.05, 4.69) is 42.8 Å². The summed E-state index contributed by atoms with van der Waals surface area (Å²) in [6.45, 7) is 10.6. The summed E-state index contributed by atoms with van der Waals surface area (Å²) in [7, 11) is 1.81. The smallest absolute Gasteiger partial charge is 0.330 e. The van der Waals surface area contributed by atoms with Crippen molar-refractivity contribution in [2.24, 2.45) is 17.9 Å². The molecule has 5 rings (SSSR count). The zero-order valence-electron chi connectivity index (χ0n) is 20.6. The molecule has 9 heteroatoms. The Morgan fingerprint density at radius 3 is 2.59 bits per heavy atom. The molecule has 0 aliphatic carbocycles. The number of nitrogens with zero attached hydrogens (tertiary/aromatic N) is 6. The number of anilines is 1. The second kappa shape index (κ2) is 8.52. The van der Waals surface area contributed by atoms with Crippen LogP contribution in [0.2, 0.25) is 0 Å². The van der Waals surface area contributed by atoms with Gasteiger partial charge in [0.25, 0.3) is 5.91 Å². The van der Waals surface area contributed by atoms with Gasteiger partial charge in [0, 0.05) is 51.3 Å². The van der Waals surface area contributed by atoms with Crippen LogP contribution >= 0.6 is 11.3 Å². The van der Waals surface area contributed by atoms with Gasteiger partial charge in [-0.15, -0.1) is 11.3 Å². The van der Waals surface area contributed by atoms with Crippen LogP contribution in [-0.2, 0) is 13.6 Å². The Labute approximate surface area is 204 Å². The van der Waals surface area contributed by atoms with Gasteiger partial charge in [-0.05, 0) is 48.6 Å². The lowest BCUT2D eigenvalue weighted by molar-refractivity contribution is 0.0540. The van der Waals surface area contributed by atoms with E-state index >= 15 is 0 Å². The summed E-state index contributed by atoms with van der Waals surface area (Å²) in [6.07, 6.45) is 6.00. The van der Waals surface area contributed by atoms with Crippen molar-refractivity contribution in [1.82, 2.24) is 24.0 Å². The standard InChI is InChI=1S/C25H34N6O2S/c1-24(2,3)16-31-18-6-7-19(27-20(18)28(4)23(31)33)30-12-5-8-25(17-30)9-13-29(14-10-25)22(32)21-26-11-15-34-21/h6-7,11,15H,5,8-10,12-14,16-17H2,1-4H3. The number of imidazole rings is 1. The number of carbonyl (C=O) groups excluding carboxylic acids is 1. The molecule has 5 heterocycles. The molecule has 182 valence electrons. The van der Waals surface area contributed by atoms with Gasteiger partial charge in [-0.25, -0.2) is 14.8 Å². The number of likely N-dealkylation sites (tertiary alicyclic amines) is 1. The van der Waals surface area contributed by atoms with Crippen LogP contribution in [0.15, 0.2) is 28.5 Å². The maximum absolute atomic E-state index is 12.9. The van der Waals surface area contributed by atoms with Crippen LogP contribution in [0.5, 0.6) is 0 Å². The Kier molecular flexibility index (Phi) is 5.78. The van der Waals surface area contributed by atoms with E-state index in [0.29, 0.717) is 11.6 Å². The van der Waals surface area contributed by atoms with Crippen molar-refractivity contribution < 1.29 is 4.79 Å². The molecule has 2 saturated heterocycles. The zero-order valence-corrected chi connectivity index (χ0v) is 21.4. The number of amides is 1. The Morgan fingerprint density at radius 2 is 1.91 bits per heavy atom. The fraction of sp³-hybridized carbons (Fsp3) is 0.600. The molecular weight excluding hydrogens is 448 g/mol. The Bertz CT molecular complexity index is 1240. The van der Waals surface area contributed by atoms with Gasteiger partial charge in [0.15, 0.2) is 10.7 Å². The molecule has 2 fully saturated rings. The summed E-state index contributed by atoms with van der Waals surface area (Å²) in [5.41, 5.74) is 1.84. The highest BCUT2D eigenvalue weighted by Crippen LogP contribution is 2.41. The van der Waals surface area contributed by atoms with Gasteiger partial charge in [0.1, 0.15) is 5.82 Å². The first-order valence-corrected chi connectivity index (χ1v) is 13.0. The van der Waals surface area contributed by atoms with E-state index in [0.717, 1.165) is 62.4 Å². The maximum Gasteiger partial charge on any atom is 0.330 e. The quantitative estimate of drug-likeness (QED) is 0.568. The van der Waals surface area contributed by atoms with Gasteiger partial charge in [-0.3, -0.25) is 13.9 Å². The molecule has 0 radical (unpaired) electrons. The van der Waals surface area contributed by atoms with Gasteiger partial charge < -0.3 is 9.80 Å². The van der Waals surface area contributed by atoms with Crippen LogP contribution in [-0.4, -0.2) is 56.1 Å². The van der Waals surface area contributed by atoms with Gasteiger partial charge >= 0.3 is 5.69 Å². The topological polar surface area (TPSA) is 76.3 Å². The number of thiazole rings is 1. The van der Waals surface area contributed by atoms with E-state index in [4.69, 9.17) is 4.98 Å². The minimum absolute atomic E-state index is 0.00580. The first-order valence-electron chi connectivity index (χ1n) is 12.2. The molecule has 34 heavy (non-hydrogen) atoms. The number of aryl methyl sites for hydroxylation is 1. The van der Waals surface area contributed by atoms with Gasteiger partial charge in [0.2, 0.25) is 0 Å². The minimum atomic E-state index is -0.0121. The van der Waals surface area contributed by atoms with Crippen molar-refractivity contribution in [3.8, 4) is 0 Å². The molecular formula is C25H34N6O2S. The summed E-state index contributed by atoms with van der Waals surface area (Å²) in [5, 5.41) is 2.44. The van der Waals surface area contributed by atoms with E-state index < -0.39 is 0 Å². The molecule has 1 spiro atoms. The van der Waals surface area contributed by atoms with E-state index in [9.17, 15) is 9.59 Å². The lowest BCUT2D eigenvalue weighted by Gasteiger charge is -2.48. The molecule has 0 N–H and O–H groups in total. The van der Waals surface area contributed by atoms with Crippen LogP contribution in [0.1, 0.15) is 56.3 Å². The van der Waals surface area contributed by atoms with Crippen molar-refractivity contribution in [2.45, 2.75) is 53.0 Å². The Hall–Kier alpha value is -2.68. The average molecular weight is 483 g/mol. The molecule has 0 bridgehead atoms. The molecule has 0 unspecified atom stereocenters. The fourth-order valence-electron chi connectivity index (χ4n) is 5.53. The maximum atomic E-state index is 12.9. The summed E-state index contributed by atoms with van der Waals surface area (Å²) in [5.74, 6) is 1.00. The third-order valence-electron chi connectivity index (χ3n) is 7.31. The van der Waals surface area contributed by atoms with Crippen LogP contribution in [0.4, 0.5) is 5.82 Å². The third-order valence-corrected chi connectivity index (χ3v) is 8.07. The monoisotopic (exact) mass is 482 g/mol. The highest BCUT2D eigenvalue weighted by molar-refractivity contribution is 7.11. The second-order valence-corrected chi connectivity index (χ2v) is 12.0. The van der Waals surface area contributed by atoms with E-state index in [1.54, 1.807) is 10.8 Å². The number of piperidine rings is 2. The summed E-state index contributed by atoms with van der Waals surface area (Å²) in [6, 6.07) is 4.13. The average Bonchev–Trinajstić information content (AvgIpc) is 3.42. The van der Waals surface area contributed by atoms with Crippen LogP contribution in [0, 0.1) is 10.8 Å². The van der Waals surface area contributed by atoms with Crippen molar-refractivity contribution in [3.63, 3.8) is 0 Å². The van der Waals surface area contributed by atoms with Crippen molar-refractivity contribution >= 4 is 34.2 Å². The van der Waals surface area contributed by atoms with Crippen LogP contribution in [0.25, 0.3) is 11.2 Å². The molecule has 3 aromatic heterocycles. The van der Waals surface area contributed by atoms with Crippen LogP contribution < -0.4 is 10.6 Å². The first kappa shape index (κ1) is 23.1. The predicted octanol–water partition coefficient (Wildman–Crippen LogP) is 3.76. The number of carbonyl (C=O) groups is 1. The highest BCUT2D eigenvalue weighted by atomic mass is 32.1. The Morgan fingerprint density at radius 1 is 1.15 bits per heavy atom. The fourth-order valence-corrected chi connectivity index (χ4v) is 6.13. The van der Waals surface area contributed by atoms with Gasteiger partial charge in [-0.2, -0.15) is 0 Å². The van der Waals surface area contributed by atoms with Crippen molar-refractivity contribution in [3.05, 3.63) is 39.2 Å². The SMILES string of the molecule is Cn1c(=O)n(CC(C)(C)C)c2ccc(N3CCCC4(CCN(C(=O)c5nccs5)CC4)C3)nc21. The molecule has 3 aromatic rings. The third kappa shape index (κ3) is 4.26. The van der Waals surface area contributed by atoms with Crippen molar-refractivity contribution in [2.75, 3.05) is 31.1 Å². The molecule has 8 nitrogen and oxygen atoms in total. The number of fused-ring (bicyclic) bond motifs is 1. The number of hydrogen-bond acceptors (Lipinski definition) is 6. The van der Waals surface area contributed by atoms with E-state index in [-0.39, 0.29) is 22.4 Å². The summed E-state index contributed by atoms with van der Waals surface area (Å²) >= 11 is 1.41. The molecule has 0 aromatic carbocycles. The molecule has 2 aliphatic rings. The van der Waals surface area contributed by atoms with Gasteiger partial charge in [0.05, 0.1) is 5.52 Å². The highest BCUT2D eigenvalue weighted by Gasteiger charge is 2.40. The zero-order chi connectivity index (χ0) is 24.1. The molecule has 0 atom stereocenters. The minimum Gasteiger partial charge on any atom is -0.356 e. The normalized spacial score (nSPS) is 18.7. The molecule has 0 saturated carbocycles. The molecule has 2 aliphatic heterocycles. The van der Waals surface area contributed by atoms with Crippen LogP contribution in [0.3, 0.4) is 0 Å². The van der Waals surface area contributed by atoms with Crippen molar-refractivity contribution in [1.29, 1.82) is 0 Å². The first-order chi connectivity index (χ1) is 16.2. The lowest BCUT2D eigenvalue weighted by Crippen LogP contribution is -2.51. The second-order valence-electron chi connectivity index (χ2n) is 11.2. The number of pyridine rings is 1. The molecule has 1 amide bonds. The predicted molar refractivity (Wildman–Crippen MR) is 136 cm³/mol. The van der Waals surface area contributed by atoms with E-state index in [1.807, 2.05) is 21.9 Å². The summed E-state index contributed by atoms with van der Waals surface area (Å²) < 4.78 is 3.52.